The molecule has 1 aliphatic rings. The van der Waals surface area contributed by atoms with Crippen LogP contribution < -0.4 is 0 Å². The van der Waals surface area contributed by atoms with Gasteiger partial charge in [-0.05, 0) is 50.6 Å². The van der Waals surface area contributed by atoms with Gasteiger partial charge in [-0.25, -0.2) is 0 Å². The van der Waals surface area contributed by atoms with Gasteiger partial charge in [0.2, 0.25) is 0 Å². The standard InChI is InChI=1S/C14H18ClNO/c1-16-10-2-3-13(16)14(17)9-6-11-4-7-12(15)8-5-11/h4-5,7-8,13H,2-3,6,9-10H2,1H3/t13-/m1/s1. The highest BCUT2D eigenvalue weighted by molar-refractivity contribution is 6.30. The van der Waals surface area contributed by atoms with E-state index in [4.69, 9.17) is 11.6 Å². The fourth-order valence-electron chi connectivity index (χ4n) is 2.40. The molecule has 1 aliphatic heterocycles. The van der Waals surface area contributed by atoms with E-state index in [1.165, 1.54) is 5.56 Å². The van der Waals surface area contributed by atoms with Crippen molar-refractivity contribution < 1.29 is 4.79 Å². The first-order valence-corrected chi connectivity index (χ1v) is 6.52. The summed E-state index contributed by atoms with van der Waals surface area (Å²) in [5.41, 5.74) is 1.18. The van der Waals surface area contributed by atoms with Gasteiger partial charge in [-0.2, -0.15) is 0 Å². The van der Waals surface area contributed by atoms with Gasteiger partial charge in [-0.1, -0.05) is 23.7 Å². The van der Waals surface area contributed by atoms with E-state index in [9.17, 15) is 4.79 Å². The molecule has 0 bridgehead atoms. The van der Waals surface area contributed by atoms with Crippen molar-refractivity contribution in [1.82, 2.24) is 4.90 Å². The molecule has 17 heavy (non-hydrogen) atoms. The molecule has 0 spiro atoms. The van der Waals surface area contributed by atoms with Crippen LogP contribution in [0.5, 0.6) is 0 Å². The summed E-state index contributed by atoms with van der Waals surface area (Å²) in [6, 6.07) is 7.90. The van der Waals surface area contributed by atoms with Gasteiger partial charge in [0.25, 0.3) is 0 Å². The molecule has 0 N–H and O–H groups in total. The Kier molecular flexibility index (Phi) is 4.19. The minimum Gasteiger partial charge on any atom is -0.298 e. The smallest absolute Gasteiger partial charge is 0.150 e. The van der Waals surface area contributed by atoms with Gasteiger partial charge in [-0.15, -0.1) is 0 Å². The molecule has 0 radical (unpaired) electrons. The number of aryl methyl sites for hydroxylation is 1. The van der Waals surface area contributed by atoms with Crippen molar-refractivity contribution in [2.24, 2.45) is 0 Å². The number of carbonyl (C=O) groups excluding carboxylic acids is 1. The first-order chi connectivity index (χ1) is 8.16. The van der Waals surface area contributed by atoms with Crippen LogP contribution in [0.4, 0.5) is 0 Å². The summed E-state index contributed by atoms with van der Waals surface area (Å²) in [7, 11) is 2.04. The minimum absolute atomic E-state index is 0.155. The van der Waals surface area contributed by atoms with E-state index in [1.54, 1.807) is 0 Å². The van der Waals surface area contributed by atoms with Crippen molar-refractivity contribution >= 4 is 17.4 Å². The number of nitrogens with zero attached hydrogens (tertiary/aromatic N) is 1. The zero-order valence-corrected chi connectivity index (χ0v) is 10.9. The Morgan fingerprint density at radius 2 is 2.12 bits per heavy atom. The molecule has 2 rings (SSSR count). The zero-order valence-electron chi connectivity index (χ0n) is 10.2. The number of ketones is 1. The van der Waals surface area contributed by atoms with E-state index in [1.807, 2.05) is 31.3 Å². The Hall–Kier alpha value is -0.860. The van der Waals surface area contributed by atoms with Crippen molar-refractivity contribution in [1.29, 1.82) is 0 Å². The fourth-order valence-corrected chi connectivity index (χ4v) is 2.53. The van der Waals surface area contributed by atoms with Crippen LogP contribution in [0.3, 0.4) is 0 Å². The van der Waals surface area contributed by atoms with Crippen LogP contribution in [-0.2, 0) is 11.2 Å². The summed E-state index contributed by atoms with van der Waals surface area (Å²) in [6.45, 7) is 1.05. The predicted octanol–water partition coefficient (Wildman–Crippen LogP) is 2.94. The van der Waals surface area contributed by atoms with Crippen LogP contribution in [0, 0.1) is 0 Å². The Bertz CT molecular complexity index is 388. The number of likely N-dealkylation sites (N-methyl/N-ethyl adjacent to an activating group) is 1. The molecule has 92 valence electrons. The van der Waals surface area contributed by atoms with Gasteiger partial charge in [0, 0.05) is 11.4 Å². The monoisotopic (exact) mass is 251 g/mol. The lowest BCUT2D eigenvalue weighted by molar-refractivity contribution is -0.122. The third-order valence-electron chi connectivity index (χ3n) is 3.47. The number of halogens is 1. The normalized spacial score (nSPS) is 20.7. The van der Waals surface area contributed by atoms with E-state index >= 15 is 0 Å². The molecule has 3 heteroatoms. The van der Waals surface area contributed by atoms with Crippen molar-refractivity contribution in [3.05, 3.63) is 34.9 Å². The molecule has 1 aromatic carbocycles. The number of hydrogen-bond donors (Lipinski definition) is 0. The van der Waals surface area contributed by atoms with E-state index in [0.717, 1.165) is 30.8 Å². The molecule has 0 aliphatic carbocycles. The number of likely N-dealkylation sites (tertiary alicyclic amines) is 1. The second-order valence-electron chi connectivity index (χ2n) is 4.73. The Balaban J connectivity index is 1.85. The minimum atomic E-state index is 0.155. The summed E-state index contributed by atoms with van der Waals surface area (Å²) in [5, 5.41) is 0.746. The predicted molar refractivity (Wildman–Crippen MR) is 70.4 cm³/mol. The summed E-state index contributed by atoms with van der Waals surface area (Å²) in [4.78, 5) is 14.2. The lowest BCUT2D eigenvalue weighted by Gasteiger charge is -2.17. The molecule has 1 aromatic rings. The summed E-state index contributed by atoms with van der Waals surface area (Å²) in [5.74, 6) is 0.375. The maximum absolute atomic E-state index is 12.0. The number of benzene rings is 1. The summed E-state index contributed by atoms with van der Waals surface area (Å²) >= 11 is 5.82. The molecule has 1 saturated heterocycles. The number of rotatable bonds is 4. The van der Waals surface area contributed by atoms with Crippen LogP contribution in [-0.4, -0.2) is 30.3 Å². The van der Waals surface area contributed by atoms with Crippen LogP contribution in [0.1, 0.15) is 24.8 Å². The van der Waals surface area contributed by atoms with Crippen LogP contribution in [0.25, 0.3) is 0 Å². The van der Waals surface area contributed by atoms with Crippen molar-refractivity contribution in [2.75, 3.05) is 13.6 Å². The van der Waals surface area contributed by atoms with Crippen molar-refractivity contribution in [3.63, 3.8) is 0 Å². The lowest BCUT2D eigenvalue weighted by Crippen LogP contribution is -2.32. The maximum Gasteiger partial charge on any atom is 0.150 e. The number of Topliss-reactive ketones (excluding diaryl/α,β-unsaturated/α-hetero) is 1. The van der Waals surface area contributed by atoms with Gasteiger partial charge >= 0.3 is 0 Å². The van der Waals surface area contributed by atoms with E-state index in [2.05, 4.69) is 4.90 Å². The summed E-state index contributed by atoms with van der Waals surface area (Å²) < 4.78 is 0. The maximum atomic E-state index is 12.0. The molecule has 1 fully saturated rings. The third-order valence-corrected chi connectivity index (χ3v) is 3.72. The van der Waals surface area contributed by atoms with Crippen LogP contribution in [0.2, 0.25) is 5.02 Å². The van der Waals surface area contributed by atoms with Gasteiger partial charge in [-0.3, -0.25) is 9.69 Å². The van der Waals surface area contributed by atoms with E-state index in [0.29, 0.717) is 12.2 Å². The topological polar surface area (TPSA) is 20.3 Å². The Morgan fingerprint density at radius 3 is 2.71 bits per heavy atom. The highest BCUT2D eigenvalue weighted by atomic mass is 35.5. The average Bonchev–Trinajstić information content (AvgIpc) is 2.74. The summed E-state index contributed by atoms with van der Waals surface area (Å²) in [6.07, 6.45) is 3.63. The van der Waals surface area contributed by atoms with Gasteiger partial charge < -0.3 is 0 Å². The third kappa shape index (κ3) is 3.30. The molecule has 0 aromatic heterocycles. The molecular formula is C14H18ClNO. The SMILES string of the molecule is CN1CCC[C@@H]1C(=O)CCc1ccc(Cl)cc1. The average molecular weight is 252 g/mol. The highest BCUT2D eigenvalue weighted by Crippen LogP contribution is 2.18. The molecule has 1 heterocycles. The largest absolute Gasteiger partial charge is 0.298 e. The highest BCUT2D eigenvalue weighted by Gasteiger charge is 2.26. The molecule has 0 amide bonds. The van der Waals surface area contributed by atoms with Crippen molar-refractivity contribution in [2.45, 2.75) is 31.7 Å². The molecular weight excluding hydrogens is 234 g/mol. The second kappa shape index (κ2) is 5.65. The molecule has 1 atom stereocenters. The second-order valence-corrected chi connectivity index (χ2v) is 5.17. The Labute approximate surface area is 108 Å². The fraction of sp³-hybridized carbons (Fsp3) is 0.500. The zero-order chi connectivity index (χ0) is 12.3. The number of carbonyl (C=O) groups is 1. The van der Waals surface area contributed by atoms with Gasteiger partial charge in [0.1, 0.15) is 5.78 Å². The molecule has 0 unspecified atom stereocenters. The van der Waals surface area contributed by atoms with Crippen molar-refractivity contribution in [3.8, 4) is 0 Å². The number of hydrogen-bond acceptors (Lipinski definition) is 2. The lowest BCUT2D eigenvalue weighted by atomic mass is 10.0. The van der Waals surface area contributed by atoms with Crippen LogP contribution in [0.15, 0.2) is 24.3 Å². The van der Waals surface area contributed by atoms with Gasteiger partial charge in [0.05, 0.1) is 6.04 Å². The van der Waals surface area contributed by atoms with Gasteiger partial charge in [0.15, 0.2) is 0 Å². The molecule has 0 saturated carbocycles. The quantitative estimate of drug-likeness (QED) is 0.820. The first-order valence-electron chi connectivity index (χ1n) is 6.14. The van der Waals surface area contributed by atoms with Crippen LogP contribution >= 0.6 is 11.6 Å². The van der Waals surface area contributed by atoms with E-state index < -0.39 is 0 Å². The molecule has 2 nitrogen and oxygen atoms in total. The van der Waals surface area contributed by atoms with E-state index in [-0.39, 0.29) is 6.04 Å². The first kappa shape index (κ1) is 12.6. The Morgan fingerprint density at radius 1 is 1.41 bits per heavy atom.